The molecule has 2 saturated heterocycles. The number of rotatable bonds is 6. The fourth-order valence-electron chi connectivity index (χ4n) is 5.37. The lowest BCUT2D eigenvalue weighted by molar-refractivity contribution is 0.0453. The fourth-order valence-corrected chi connectivity index (χ4v) is 5.37. The van der Waals surface area contributed by atoms with Gasteiger partial charge in [0.2, 0.25) is 0 Å². The molecule has 0 radical (unpaired) electrons. The highest BCUT2D eigenvalue weighted by atomic mass is 15.3. The summed E-state index contributed by atoms with van der Waals surface area (Å²) in [6.07, 6.45) is 2.84. The van der Waals surface area contributed by atoms with Crippen LogP contribution in [0.15, 0.2) is 0 Å². The molecule has 2 heterocycles. The minimum atomic E-state index is 0.420. The number of likely N-dealkylation sites (N-methyl/N-ethyl adjacent to an activating group) is 1. The lowest BCUT2D eigenvalue weighted by Crippen LogP contribution is -2.52. The highest BCUT2D eigenvalue weighted by Crippen LogP contribution is 2.46. The van der Waals surface area contributed by atoms with E-state index in [1.165, 1.54) is 71.7 Å². The van der Waals surface area contributed by atoms with E-state index >= 15 is 0 Å². The second-order valence-corrected chi connectivity index (χ2v) is 11.6. The molecule has 2 aliphatic heterocycles. The Labute approximate surface area is 169 Å². The van der Waals surface area contributed by atoms with E-state index < -0.39 is 0 Å². The van der Waals surface area contributed by atoms with Crippen LogP contribution in [0.25, 0.3) is 0 Å². The van der Waals surface area contributed by atoms with Gasteiger partial charge in [-0.05, 0) is 43.6 Å². The third-order valence-electron chi connectivity index (χ3n) is 7.46. The monoisotopic (exact) mass is 378 g/mol. The highest BCUT2D eigenvalue weighted by molar-refractivity contribution is 5.00. The van der Waals surface area contributed by atoms with Crippen molar-refractivity contribution in [3.05, 3.63) is 0 Å². The van der Waals surface area contributed by atoms with Gasteiger partial charge in [-0.15, -0.1) is 0 Å². The van der Waals surface area contributed by atoms with Crippen molar-refractivity contribution in [3.8, 4) is 0 Å². The predicted octanol–water partition coefficient (Wildman–Crippen LogP) is 3.09. The number of nitrogens with zero attached hydrogens (tertiary/aromatic N) is 4. The van der Waals surface area contributed by atoms with Crippen LogP contribution in [-0.2, 0) is 0 Å². The van der Waals surface area contributed by atoms with Crippen LogP contribution >= 0.6 is 0 Å². The Bertz CT molecular complexity index is 467. The second-order valence-electron chi connectivity index (χ2n) is 11.6. The minimum Gasteiger partial charge on any atom is -0.304 e. The summed E-state index contributed by atoms with van der Waals surface area (Å²) in [6, 6.07) is 1.57. The quantitative estimate of drug-likeness (QED) is 0.704. The van der Waals surface area contributed by atoms with Crippen LogP contribution in [0, 0.1) is 16.7 Å². The van der Waals surface area contributed by atoms with Crippen LogP contribution in [0.3, 0.4) is 0 Å². The maximum Gasteiger partial charge on any atom is 0.0129 e. The van der Waals surface area contributed by atoms with Crippen LogP contribution in [0.4, 0.5) is 0 Å². The van der Waals surface area contributed by atoms with Crippen molar-refractivity contribution in [1.29, 1.82) is 0 Å². The smallest absolute Gasteiger partial charge is 0.0129 e. The Morgan fingerprint density at radius 3 is 2.00 bits per heavy atom. The summed E-state index contributed by atoms with van der Waals surface area (Å²) in [5.41, 5.74) is 0.844. The van der Waals surface area contributed by atoms with Crippen LogP contribution in [0.1, 0.15) is 54.4 Å². The second kappa shape index (κ2) is 8.30. The third kappa shape index (κ3) is 5.91. The van der Waals surface area contributed by atoms with Gasteiger partial charge in [0.05, 0.1) is 0 Å². The molecule has 4 heteroatoms. The van der Waals surface area contributed by atoms with E-state index in [9.17, 15) is 0 Å². The number of hydrogen-bond donors (Lipinski definition) is 0. The zero-order chi connectivity index (χ0) is 19.8. The van der Waals surface area contributed by atoms with Crippen molar-refractivity contribution < 1.29 is 0 Å². The van der Waals surface area contributed by atoms with Gasteiger partial charge in [0, 0.05) is 71.0 Å². The Morgan fingerprint density at radius 1 is 0.852 bits per heavy atom. The first-order valence-corrected chi connectivity index (χ1v) is 11.4. The summed E-state index contributed by atoms with van der Waals surface area (Å²) >= 11 is 0. The van der Waals surface area contributed by atoms with E-state index in [1.54, 1.807) is 0 Å². The molecule has 3 fully saturated rings. The maximum atomic E-state index is 2.81. The molecule has 0 spiro atoms. The Kier molecular flexibility index (Phi) is 6.62. The molecule has 0 aromatic carbocycles. The first-order chi connectivity index (χ1) is 12.5. The van der Waals surface area contributed by atoms with Gasteiger partial charge >= 0.3 is 0 Å². The van der Waals surface area contributed by atoms with E-state index in [0.29, 0.717) is 16.9 Å². The van der Waals surface area contributed by atoms with Crippen LogP contribution < -0.4 is 0 Å². The molecule has 0 aromatic heterocycles. The molecule has 27 heavy (non-hydrogen) atoms. The molecular formula is C23H46N4. The number of piperazine rings is 2. The molecular weight excluding hydrogens is 332 g/mol. The standard InChI is InChI=1S/C23H46N4/c1-19(26-12-8-24(7)9-13-26)23(5,6)17-20-16-21(20)27-14-10-25(11-15-27)18-22(2,3)4/h19-21H,8-18H2,1-7H3. The summed E-state index contributed by atoms with van der Waals surface area (Å²) in [6.45, 7) is 25.9. The first kappa shape index (κ1) is 21.5. The van der Waals surface area contributed by atoms with Crippen molar-refractivity contribution in [2.75, 3.05) is 66.0 Å². The van der Waals surface area contributed by atoms with Gasteiger partial charge in [-0.3, -0.25) is 9.80 Å². The van der Waals surface area contributed by atoms with Gasteiger partial charge in [0.15, 0.2) is 0 Å². The molecule has 3 atom stereocenters. The average Bonchev–Trinajstić information content (AvgIpc) is 3.32. The van der Waals surface area contributed by atoms with Gasteiger partial charge < -0.3 is 9.80 Å². The summed E-state index contributed by atoms with van der Waals surface area (Å²) in [5, 5.41) is 0. The zero-order valence-corrected chi connectivity index (χ0v) is 19.3. The van der Waals surface area contributed by atoms with Gasteiger partial charge in [-0.25, -0.2) is 0 Å². The largest absolute Gasteiger partial charge is 0.304 e. The summed E-state index contributed by atoms with van der Waals surface area (Å²) in [5.74, 6) is 0.934. The molecule has 1 saturated carbocycles. The molecule has 158 valence electrons. The summed E-state index contributed by atoms with van der Waals surface area (Å²) in [4.78, 5) is 10.7. The van der Waals surface area contributed by atoms with Crippen molar-refractivity contribution in [3.63, 3.8) is 0 Å². The SMILES string of the molecule is CC(N1CCN(C)CC1)C(C)(C)CC1CC1N1CCN(CC(C)(C)C)CC1. The van der Waals surface area contributed by atoms with Gasteiger partial charge in [0.1, 0.15) is 0 Å². The topological polar surface area (TPSA) is 13.0 Å². The molecule has 3 aliphatic rings. The Hall–Kier alpha value is -0.160. The van der Waals surface area contributed by atoms with E-state index in [0.717, 1.165) is 12.0 Å². The van der Waals surface area contributed by atoms with Crippen LogP contribution in [0.5, 0.6) is 0 Å². The molecule has 3 unspecified atom stereocenters. The van der Waals surface area contributed by atoms with Gasteiger partial charge in [-0.1, -0.05) is 34.6 Å². The van der Waals surface area contributed by atoms with Gasteiger partial charge in [0.25, 0.3) is 0 Å². The molecule has 0 aromatic rings. The summed E-state index contributed by atoms with van der Waals surface area (Å²) < 4.78 is 0. The zero-order valence-electron chi connectivity index (χ0n) is 19.3. The van der Waals surface area contributed by atoms with Crippen molar-refractivity contribution in [2.24, 2.45) is 16.7 Å². The molecule has 0 amide bonds. The maximum absolute atomic E-state index is 2.81. The normalized spacial score (nSPS) is 31.2. The Balaban J connectivity index is 1.42. The molecule has 3 rings (SSSR count). The first-order valence-electron chi connectivity index (χ1n) is 11.4. The summed E-state index contributed by atoms with van der Waals surface area (Å²) in [7, 11) is 2.25. The van der Waals surface area contributed by atoms with Crippen LogP contribution in [0.2, 0.25) is 0 Å². The number of hydrogen-bond acceptors (Lipinski definition) is 4. The molecule has 0 bridgehead atoms. The molecule has 0 N–H and O–H groups in total. The van der Waals surface area contributed by atoms with Crippen molar-refractivity contribution in [2.45, 2.75) is 66.5 Å². The van der Waals surface area contributed by atoms with Crippen molar-refractivity contribution >= 4 is 0 Å². The molecule has 4 nitrogen and oxygen atoms in total. The molecule has 1 aliphatic carbocycles. The lowest BCUT2D eigenvalue weighted by Gasteiger charge is -2.44. The predicted molar refractivity (Wildman–Crippen MR) is 116 cm³/mol. The van der Waals surface area contributed by atoms with E-state index in [2.05, 4.69) is 68.2 Å². The fraction of sp³-hybridized carbons (Fsp3) is 1.00. The van der Waals surface area contributed by atoms with E-state index in [4.69, 9.17) is 0 Å². The van der Waals surface area contributed by atoms with Gasteiger partial charge in [-0.2, -0.15) is 0 Å². The van der Waals surface area contributed by atoms with Crippen molar-refractivity contribution in [1.82, 2.24) is 19.6 Å². The van der Waals surface area contributed by atoms with E-state index in [1.807, 2.05) is 0 Å². The minimum absolute atomic E-state index is 0.420. The Morgan fingerprint density at radius 2 is 1.44 bits per heavy atom. The lowest BCUT2D eigenvalue weighted by atomic mass is 9.79. The van der Waals surface area contributed by atoms with E-state index in [-0.39, 0.29) is 0 Å². The average molecular weight is 379 g/mol. The van der Waals surface area contributed by atoms with Crippen LogP contribution in [-0.4, -0.2) is 97.6 Å². The third-order valence-corrected chi connectivity index (χ3v) is 7.46. The highest BCUT2D eigenvalue weighted by Gasteiger charge is 2.46.